The predicted molar refractivity (Wildman–Crippen MR) is 120 cm³/mol. The maximum atomic E-state index is 4.10. The van der Waals surface area contributed by atoms with Crippen molar-refractivity contribution >= 4 is 37.8 Å². The molecule has 1 radical (unpaired) electrons. The van der Waals surface area contributed by atoms with Gasteiger partial charge in [0, 0.05) is 44.3 Å². The second kappa shape index (κ2) is 8.62. The van der Waals surface area contributed by atoms with Crippen molar-refractivity contribution in [2.75, 3.05) is 0 Å². The van der Waals surface area contributed by atoms with Crippen LogP contribution in [0.3, 0.4) is 0 Å². The number of allylic oxidation sites excluding steroid dienone is 3. The predicted octanol–water partition coefficient (Wildman–Crippen LogP) is 4.78. The van der Waals surface area contributed by atoms with E-state index in [9.17, 15) is 0 Å². The lowest BCUT2D eigenvalue weighted by molar-refractivity contribution is 1.18. The fraction of sp³-hybridized carbons (Fsp3) is 0.217. The van der Waals surface area contributed by atoms with Crippen LogP contribution in [-0.4, -0.2) is 16.9 Å². The summed E-state index contributed by atoms with van der Waals surface area (Å²) in [6.07, 6.45) is 16.4. The van der Waals surface area contributed by atoms with Crippen LogP contribution in [0.1, 0.15) is 43.4 Å². The Hall–Kier alpha value is -2.68. The van der Waals surface area contributed by atoms with E-state index in [0.717, 1.165) is 27.6 Å². The first-order valence-electron chi connectivity index (χ1n) is 9.02. The molecule has 2 rings (SSSR count). The molecule has 3 heteroatoms. The normalized spacial score (nSPS) is 13.3. The van der Waals surface area contributed by atoms with E-state index < -0.39 is 0 Å². The molecule has 2 aromatic heterocycles. The molecule has 0 aliphatic heterocycles. The lowest BCUT2D eigenvalue weighted by Crippen LogP contribution is -2.23. The zero-order chi connectivity index (χ0) is 19.3. The Kier molecular flexibility index (Phi) is 6.51. The first-order valence-corrected chi connectivity index (χ1v) is 9.02. The van der Waals surface area contributed by atoms with E-state index in [1.54, 1.807) is 0 Å². The van der Waals surface area contributed by atoms with Crippen LogP contribution in [0.5, 0.6) is 0 Å². The summed E-state index contributed by atoms with van der Waals surface area (Å²) in [5.41, 5.74) is 6.98. The number of aryl methyl sites for hydroxylation is 1. The number of nitrogens with zero attached hydrogens (tertiary/aromatic N) is 1. The van der Waals surface area contributed by atoms with Crippen molar-refractivity contribution in [1.82, 2.24) is 9.46 Å². The van der Waals surface area contributed by atoms with Crippen molar-refractivity contribution in [2.45, 2.75) is 34.5 Å². The average Bonchev–Trinajstić information content (AvgIpc) is 3.10. The van der Waals surface area contributed by atoms with E-state index >= 15 is 0 Å². The highest BCUT2D eigenvalue weighted by Crippen LogP contribution is 2.34. The molecule has 0 aliphatic carbocycles. The van der Waals surface area contributed by atoms with Crippen molar-refractivity contribution < 1.29 is 0 Å². The fourth-order valence-electron chi connectivity index (χ4n) is 3.56. The van der Waals surface area contributed by atoms with Crippen molar-refractivity contribution in [3.05, 3.63) is 64.6 Å². The zero-order valence-electron chi connectivity index (χ0n) is 16.6. The molecule has 1 N–H and O–H groups in total. The van der Waals surface area contributed by atoms with Gasteiger partial charge in [0.25, 0.3) is 0 Å². The molecule has 26 heavy (non-hydrogen) atoms. The molecule has 0 amide bonds. The second-order valence-electron chi connectivity index (χ2n) is 6.03. The van der Waals surface area contributed by atoms with Crippen LogP contribution in [0, 0.1) is 6.92 Å². The Morgan fingerprint density at radius 1 is 1.00 bits per heavy atom. The van der Waals surface area contributed by atoms with Gasteiger partial charge in [-0.05, 0) is 39.8 Å². The van der Waals surface area contributed by atoms with Gasteiger partial charge in [-0.2, -0.15) is 0 Å². The third-order valence-electron chi connectivity index (χ3n) is 4.51. The highest BCUT2D eigenvalue weighted by atomic mass is 14.9. The van der Waals surface area contributed by atoms with Gasteiger partial charge in [0.1, 0.15) is 0 Å². The number of aromatic amines is 1. The number of aromatic nitrogens is 2. The second-order valence-corrected chi connectivity index (χ2v) is 6.03. The smallest absolute Gasteiger partial charge is 0.249 e. The summed E-state index contributed by atoms with van der Waals surface area (Å²) in [7, 11) is 2.09. The lowest BCUT2D eigenvalue weighted by Gasteiger charge is -2.07. The quantitative estimate of drug-likeness (QED) is 0.729. The van der Waals surface area contributed by atoms with E-state index in [-0.39, 0.29) is 0 Å². The summed E-state index contributed by atoms with van der Waals surface area (Å²) in [5.74, 6) is 0. The van der Waals surface area contributed by atoms with Crippen LogP contribution < -0.4 is 10.6 Å². The van der Waals surface area contributed by atoms with E-state index in [1.807, 2.05) is 26.0 Å². The van der Waals surface area contributed by atoms with Crippen molar-refractivity contribution in [3.8, 4) is 11.1 Å². The van der Waals surface area contributed by atoms with Crippen LogP contribution in [-0.2, 0) is 0 Å². The zero-order valence-corrected chi connectivity index (χ0v) is 16.6. The molecule has 0 bridgehead atoms. The summed E-state index contributed by atoms with van der Waals surface area (Å²) < 4.78 is 2.21. The monoisotopic (exact) mass is 343 g/mol. The molecule has 2 nitrogen and oxygen atoms in total. The van der Waals surface area contributed by atoms with E-state index in [2.05, 4.69) is 87.2 Å². The third kappa shape index (κ3) is 3.22. The summed E-state index contributed by atoms with van der Waals surface area (Å²) in [5, 5.41) is 2.27. The summed E-state index contributed by atoms with van der Waals surface area (Å²) in [6.45, 7) is 18.3. The van der Waals surface area contributed by atoms with E-state index in [4.69, 9.17) is 0 Å². The number of hydrogen-bond donors (Lipinski definition) is 1. The highest BCUT2D eigenvalue weighted by Gasteiger charge is 2.21. The minimum Gasteiger partial charge on any atom is -0.390 e. The fourth-order valence-corrected chi connectivity index (χ4v) is 3.56. The Bertz CT molecular complexity index is 994. The van der Waals surface area contributed by atoms with Crippen LogP contribution >= 0.6 is 0 Å². The van der Waals surface area contributed by atoms with Gasteiger partial charge in [-0.1, -0.05) is 56.4 Å². The Morgan fingerprint density at radius 3 is 2.19 bits per heavy atom. The average molecular weight is 343 g/mol. The van der Waals surface area contributed by atoms with Crippen molar-refractivity contribution in [1.29, 1.82) is 0 Å². The van der Waals surface area contributed by atoms with Crippen LogP contribution in [0.15, 0.2) is 31.4 Å². The maximum Gasteiger partial charge on any atom is 0.249 e. The maximum absolute atomic E-state index is 4.10. The molecule has 0 saturated carbocycles. The van der Waals surface area contributed by atoms with Gasteiger partial charge in [-0.3, -0.25) is 0 Å². The number of nitrogens with one attached hydrogen (secondary N) is 1. The van der Waals surface area contributed by atoms with Gasteiger partial charge in [0.2, 0.25) is 7.41 Å². The van der Waals surface area contributed by atoms with Gasteiger partial charge in [-0.25, -0.2) is 0 Å². The highest BCUT2D eigenvalue weighted by molar-refractivity contribution is 6.33. The minimum absolute atomic E-state index is 1.09. The molecular formula is C23H28BN2. The van der Waals surface area contributed by atoms with Gasteiger partial charge in [0.05, 0.1) is 0 Å². The van der Waals surface area contributed by atoms with Crippen LogP contribution in [0.4, 0.5) is 0 Å². The Labute approximate surface area is 157 Å². The Balaban J connectivity index is 3.14. The SMILES string of the molecule is C=C/C=c1/c(-c2c(/C=C\C)c(/C=C\C)n([B]C)c2C=C)c(C)[nH]/c1=C/C. The molecule has 0 saturated heterocycles. The van der Waals surface area contributed by atoms with Gasteiger partial charge >= 0.3 is 0 Å². The van der Waals surface area contributed by atoms with Gasteiger partial charge < -0.3 is 9.46 Å². The number of rotatable bonds is 6. The first-order chi connectivity index (χ1) is 12.6. The van der Waals surface area contributed by atoms with Crippen molar-refractivity contribution in [2.24, 2.45) is 0 Å². The number of hydrogen-bond acceptors (Lipinski definition) is 0. The molecule has 0 fully saturated rings. The lowest BCUT2D eigenvalue weighted by atomic mass is 9.96. The van der Waals surface area contributed by atoms with Crippen molar-refractivity contribution in [3.63, 3.8) is 0 Å². The summed E-state index contributed by atoms with van der Waals surface area (Å²) in [6, 6.07) is 0. The summed E-state index contributed by atoms with van der Waals surface area (Å²) in [4.78, 5) is 3.52. The minimum atomic E-state index is 1.09. The first kappa shape index (κ1) is 19.6. The van der Waals surface area contributed by atoms with Gasteiger partial charge in [-0.15, -0.1) is 0 Å². The molecule has 0 aromatic carbocycles. The Morgan fingerprint density at radius 2 is 1.69 bits per heavy atom. The largest absolute Gasteiger partial charge is 0.390 e. The molecule has 0 atom stereocenters. The molecule has 2 aromatic rings. The molecule has 0 unspecified atom stereocenters. The molecule has 0 aliphatic rings. The van der Waals surface area contributed by atoms with E-state index in [1.165, 1.54) is 16.7 Å². The van der Waals surface area contributed by atoms with Gasteiger partial charge in [0.15, 0.2) is 0 Å². The van der Waals surface area contributed by atoms with Crippen LogP contribution in [0.25, 0.3) is 41.5 Å². The standard InChI is InChI=1S/C23H28BN2/c1-8-13-17-19(11-4)25-16(6)22(17)23-18(14-9-2)21(15-10-3)26(24-7)20(23)12-5/h8-15,25H,1,5H2,2-4,6-7H3/b14-9-,15-10-,17-13+,19-11+. The summed E-state index contributed by atoms with van der Waals surface area (Å²) >= 11 is 0. The molecule has 2 heterocycles. The molecular weight excluding hydrogens is 315 g/mol. The van der Waals surface area contributed by atoms with Crippen LogP contribution in [0.2, 0.25) is 6.82 Å². The topological polar surface area (TPSA) is 20.7 Å². The molecule has 0 spiro atoms. The molecule has 133 valence electrons. The third-order valence-corrected chi connectivity index (χ3v) is 4.51. The van der Waals surface area contributed by atoms with E-state index in [0.29, 0.717) is 0 Å². The number of H-pyrrole nitrogens is 1.